The molecule has 0 radical (unpaired) electrons. The molecule has 0 aliphatic heterocycles. The molecule has 1 heterocycles. The van der Waals surface area contributed by atoms with Crippen molar-refractivity contribution in [2.24, 2.45) is 5.41 Å². The Balaban J connectivity index is 1.69. The SMILES string of the molecule is CC1(CNCc2ccco2)CC1. The van der Waals surface area contributed by atoms with Gasteiger partial charge in [0.25, 0.3) is 0 Å². The monoisotopic (exact) mass is 165 g/mol. The van der Waals surface area contributed by atoms with E-state index in [9.17, 15) is 0 Å². The first-order chi connectivity index (χ1) is 5.79. The Labute approximate surface area is 73.0 Å². The summed E-state index contributed by atoms with van der Waals surface area (Å²) < 4.78 is 5.21. The summed E-state index contributed by atoms with van der Waals surface area (Å²) in [7, 11) is 0. The minimum Gasteiger partial charge on any atom is -0.468 e. The Morgan fingerprint density at radius 1 is 1.58 bits per heavy atom. The van der Waals surface area contributed by atoms with E-state index in [0.717, 1.165) is 18.8 Å². The Bertz CT molecular complexity index is 236. The maximum absolute atomic E-state index is 5.21. The largest absolute Gasteiger partial charge is 0.468 e. The third-order valence-electron chi connectivity index (χ3n) is 2.53. The lowest BCUT2D eigenvalue weighted by Gasteiger charge is -2.07. The highest BCUT2D eigenvalue weighted by Gasteiger charge is 2.36. The molecule has 1 aliphatic carbocycles. The van der Waals surface area contributed by atoms with Crippen LogP contribution >= 0.6 is 0 Å². The van der Waals surface area contributed by atoms with Gasteiger partial charge in [-0.05, 0) is 30.4 Å². The minimum atomic E-state index is 0.590. The van der Waals surface area contributed by atoms with Crippen molar-refractivity contribution in [3.63, 3.8) is 0 Å². The predicted molar refractivity (Wildman–Crippen MR) is 47.8 cm³/mol. The normalized spacial score (nSPS) is 19.4. The van der Waals surface area contributed by atoms with Crippen LogP contribution in [0.15, 0.2) is 22.8 Å². The highest BCUT2D eigenvalue weighted by Crippen LogP contribution is 2.44. The molecule has 1 aliphatic rings. The summed E-state index contributed by atoms with van der Waals surface area (Å²) in [5.74, 6) is 1.03. The number of furan rings is 1. The fourth-order valence-corrected chi connectivity index (χ4v) is 1.29. The molecule has 0 saturated heterocycles. The van der Waals surface area contributed by atoms with Gasteiger partial charge in [-0.3, -0.25) is 0 Å². The molecule has 2 heteroatoms. The first-order valence-corrected chi connectivity index (χ1v) is 4.52. The van der Waals surface area contributed by atoms with Gasteiger partial charge in [-0.1, -0.05) is 6.92 Å². The topological polar surface area (TPSA) is 25.2 Å². The third-order valence-corrected chi connectivity index (χ3v) is 2.53. The van der Waals surface area contributed by atoms with Crippen molar-refractivity contribution in [1.82, 2.24) is 5.32 Å². The van der Waals surface area contributed by atoms with Crippen LogP contribution < -0.4 is 5.32 Å². The molecule has 1 fully saturated rings. The van der Waals surface area contributed by atoms with Crippen LogP contribution in [0.1, 0.15) is 25.5 Å². The van der Waals surface area contributed by atoms with Crippen molar-refractivity contribution in [2.75, 3.05) is 6.54 Å². The first kappa shape index (κ1) is 7.87. The van der Waals surface area contributed by atoms with Crippen LogP contribution in [0.3, 0.4) is 0 Å². The third kappa shape index (κ3) is 1.89. The smallest absolute Gasteiger partial charge is 0.117 e. The van der Waals surface area contributed by atoms with E-state index in [4.69, 9.17) is 4.42 Å². The minimum absolute atomic E-state index is 0.590. The highest BCUT2D eigenvalue weighted by atomic mass is 16.3. The van der Waals surface area contributed by atoms with Gasteiger partial charge in [0.15, 0.2) is 0 Å². The van der Waals surface area contributed by atoms with Gasteiger partial charge >= 0.3 is 0 Å². The van der Waals surface area contributed by atoms with E-state index >= 15 is 0 Å². The van der Waals surface area contributed by atoms with Gasteiger partial charge in [0.1, 0.15) is 5.76 Å². The van der Waals surface area contributed by atoms with Crippen LogP contribution in [0.4, 0.5) is 0 Å². The summed E-state index contributed by atoms with van der Waals surface area (Å²) >= 11 is 0. The lowest BCUT2D eigenvalue weighted by Crippen LogP contribution is -2.21. The van der Waals surface area contributed by atoms with E-state index in [0.29, 0.717) is 5.41 Å². The summed E-state index contributed by atoms with van der Waals surface area (Å²) in [5.41, 5.74) is 0.590. The van der Waals surface area contributed by atoms with E-state index in [2.05, 4.69) is 12.2 Å². The maximum atomic E-state index is 5.21. The predicted octanol–water partition coefficient (Wildman–Crippen LogP) is 2.17. The highest BCUT2D eigenvalue weighted by molar-refractivity contribution is 4.98. The molecule has 0 spiro atoms. The zero-order valence-corrected chi connectivity index (χ0v) is 7.47. The average Bonchev–Trinajstić information content (AvgIpc) is 2.61. The maximum Gasteiger partial charge on any atom is 0.117 e. The van der Waals surface area contributed by atoms with Gasteiger partial charge in [0, 0.05) is 6.54 Å². The van der Waals surface area contributed by atoms with Gasteiger partial charge in [0.05, 0.1) is 12.8 Å². The van der Waals surface area contributed by atoms with Crippen molar-refractivity contribution in [2.45, 2.75) is 26.3 Å². The summed E-state index contributed by atoms with van der Waals surface area (Å²) in [6.07, 6.45) is 4.46. The summed E-state index contributed by atoms with van der Waals surface area (Å²) in [6.45, 7) is 4.30. The van der Waals surface area contributed by atoms with Crippen LogP contribution in [-0.4, -0.2) is 6.54 Å². The first-order valence-electron chi connectivity index (χ1n) is 4.52. The van der Waals surface area contributed by atoms with Gasteiger partial charge in [0.2, 0.25) is 0 Å². The lowest BCUT2D eigenvalue weighted by atomic mass is 10.1. The number of hydrogen-bond acceptors (Lipinski definition) is 2. The van der Waals surface area contributed by atoms with Gasteiger partial charge < -0.3 is 9.73 Å². The van der Waals surface area contributed by atoms with Gasteiger partial charge in [-0.2, -0.15) is 0 Å². The molecule has 1 N–H and O–H groups in total. The zero-order chi connectivity index (χ0) is 8.44. The fraction of sp³-hybridized carbons (Fsp3) is 0.600. The molecule has 0 amide bonds. The summed E-state index contributed by atoms with van der Waals surface area (Å²) in [6, 6.07) is 3.93. The van der Waals surface area contributed by atoms with Crippen molar-refractivity contribution in [1.29, 1.82) is 0 Å². The standard InChI is InChI=1S/C10H15NO/c1-10(4-5-10)8-11-7-9-3-2-6-12-9/h2-3,6,11H,4-5,7-8H2,1H3. The van der Waals surface area contributed by atoms with Crippen molar-refractivity contribution >= 4 is 0 Å². The number of nitrogens with one attached hydrogen (secondary N) is 1. The molecule has 0 unspecified atom stereocenters. The molecule has 12 heavy (non-hydrogen) atoms. The van der Waals surface area contributed by atoms with Crippen LogP contribution in [0.2, 0.25) is 0 Å². The second-order valence-electron chi connectivity index (χ2n) is 3.99. The van der Waals surface area contributed by atoms with Crippen LogP contribution in [0, 0.1) is 5.41 Å². The molecule has 1 aromatic heterocycles. The molecular weight excluding hydrogens is 150 g/mol. The molecule has 1 aromatic rings. The van der Waals surface area contributed by atoms with Crippen molar-refractivity contribution in [3.05, 3.63) is 24.2 Å². The summed E-state index contributed by atoms with van der Waals surface area (Å²) in [5, 5.41) is 3.40. The Morgan fingerprint density at radius 3 is 3.00 bits per heavy atom. The molecule has 66 valence electrons. The molecule has 0 atom stereocenters. The molecule has 2 rings (SSSR count). The quantitative estimate of drug-likeness (QED) is 0.739. The molecule has 2 nitrogen and oxygen atoms in total. The van der Waals surface area contributed by atoms with Crippen LogP contribution in [0.25, 0.3) is 0 Å². The Kier molecular flexibility index (Phi) is 1.93. The Hall–Kier alpha value is -0.760. The molecule has 0 bridgehead atoms. The average molecular weight is 165 g/mol. The second kappa shape index (κ2) is 2.94. The van der Waals surface area contributed by atoms with Crippen molar-refractivity contribution < 1.29 is 4.42 Å². The lowest BCUT2D eigenvalue weighted by molar-refractivity contribution is 0.446. The second-order valence-corrected chi connectivity index (χ2v) is 3.99. The molecule has 1 saturated carbocycles. The van der Waals surface area contributed by atoms with Gasteiger partial charge in [-0.25, -0.2) is 0 Å². The number of rotatable bonds is 4. The summed E-state index contributed by atoms with van der Waals surface area (Å²) in [4.78, 5) is 0. The zero-order valence-electron chi connectivity index (χ0n) is 7.47. The van der Waals surface area contributed by atoms with Gasteiger partial charge in [-0.15, -0.1) is 0 Å². The van der Waals surface area contributed by atoms with E-state index < -0.39 is 0 Å². The van der Waals surface area contributed by atoms with E-state index in [1.807, 2.05) is 12.1 Å². The Morgan fingerprint density at radius 2 is 2.42 bits per heavy atom. The van der Waals surface area contributed by atoms with Crippen LogP contribution in [-0.2, 0) is 6.54 Å². The fourth-order valence-electron chi connectivity index (χ4n) is 1.29. The van der Waals surface area contributed by atoms with Crippen LogP contribution in [0.5, 0.6) is 0 Å². The van der Waals surface area contributed by atoms with E-state index in [-0.39, 0.29) is 0 Å². The van der Waals surface area contributed by atoms with E-state index in [1.165, 1.54) is 12.8 Å². The van der Waals surface area contributed by atoms with Crippen molar-refractivity contribution in [3.8, 4) is 0 Å². The number of hydrogen-bond donors (Lipinski definition) is 1. The molecular formula is C10H15NO. The van der Waals surface area contributed by atoms with E-state index in [1.54, 1.807) is 6.26 Å². The molecule has 0 aromatic carbocycles.